The molecule has 4 rings (SSSR count). The van der Waals surface area contributed by atoms with E-state index in [-0.39, 0.29) is 11.7 Å². The van der Waals surface area contributed by atoms with Gasteiger partial charge in [0.25, 0.3) is 0 Å². The molecule has 6 heteroatoms. The third-order valence-electron chi connectivity index (χ3n) is 5.12. The molecule has 0 bridgehead atoms. The Morgan fingerprint density at radius 3 is 3.04 bits per heavy atom. The van der Waals surface area contributed by atoms with Crippen LogP contribution in [0.1, 0.15) is 34.7 Å². The van der Waals surface area contributed by atoms with E-state index in [9.17, 15) is 0 Å². The van der Waals surface area contributed by atoms with E-state index >= 15 is 0 Å². The summed E-state index contributed by atoms with van der Waals surface area (Å²) in [6, 6.07) is 2.04. The number of rotatable bonds is 5. The minimum atomic E-state index is -0.0147. The van der Waals surface area contributed by atoms with E-state index in [1.807, 2.05) is 25.4 Å². The van der Waals surface area contributed by atoms with Gasteiger partial charge in [-0.3, -0.25) is 9.88 Å². The Bertz CT molecular complexity index is 727. The maximum Gasteiger partial charge on any atom is 0.107 e. The molecule has 0 saturated carbocycles. The van der Waals surface area contributed by atoms with E-state index in [4.69, 9.17) is 9.47 Å². The molecule has 4 heterocycles. The standard InChI is InChI=1S/C19H25N3O2S/c1-14-3-5-20-8-16(14)10-23-17-4-6-24-19(7-17)12-22(13-19)9-18-21-15(2)11-25-18/h3,5,8,11,17H,4,6-7,9-10,12-13H2,1-2H3. The van der Waals surface area contributed by atoms with Crippen LogP contribution in [0.4, 0.5) is 0 Å². The molecular weight excluding hydrogens is 334 g/mol. The lowest BCUT2D eigenvalue weighted by Crippen LogP contribution is -2.65. The van der Waals surface area contributed by atoms with Crippen LogP contribution in [-0.4, -0.2) is 46.3 Å². The summed E-state index contributed by atoms with van der Waals surface area (Å²) in [5, 5.41) is 3.31. The fourth-order valence-corrected chi connectivity index (χ4v) is 4.56. The summed E-state index contributed by atoms with van der Waals surface area (Å²) >= 11 is 1.75. The molecule has 2 aromatic heterocycles. The number of thiazole rings is 1. The molecule has 1 atom stereocenters. The number of pyridine rings is 1. The minimum Gasteiger partial charge on any atom is -0.373 e. The fourth-order valence-electron chi connectivity index (χ4n) is 3.75. The van der Waals surface area contributed by atoms with Crippen molar-refractivity contribution in [3.63, 3.8) is 0 Å². The van der Waals surface area contributed by atoms with Crippen molar-refractivity contribution in [2.45, 2.75) is 51.5 Å². The van der Waals surface area contributed by atoms with Crippen molar-refractivity contribution >= 4 is 11.3 Å². The number of aromatic nitrogens is 2. The van der Waals surface area contributed by atoms with E-state index < -0.39 is 0 Å². The zero-order valence-electron chi connectivity index (χ0n) is 14.9. The highest BCUT2D eigenvalue weighted by atomic mass is 32.1. The van der Waals surface area contributed by atoms with Gasteiger partial charge in [-0.25, -0.2) is 4.98 Å². The quantitative estimate of drug-likeness (QED) is 0.821. The van der Waals surface area contributed by atoms with Crippen LogP contribution in [0.25, 0.3) is 0 Å². The highest BCUT2D eigenvalue weighted by molar-refractivity contribution is 7.09. The first-order valence-electron chi connectivity index (χ1n) is 8.90. The SMILES string of the molecule is Cc1csc(CN2CC3(CC(OCc4cnccc4C)CCO3)C2)n1. The van der Waals surface area contributed by atoms with Crippen LogP contribution in [0.2, 0.25) is 0 Å². The van der Waals surface area contributed by atoms with Crippen molar-refractivity contribution < 1.29 is 9.47 Å². The molecule has 0 aliphatic carbocycles. The van der Waals surface area contributed by atoms with Gasteiger partial charge in [0.1, 0.15) is 5.01 Å². The Balaban J connectivity index is 1.28. The molecule has 0 amide bonds. The van der Waals surface area contributed by atoms with E-state index in [1.165, 1.54) is 16.1 Å². The van der Waals surface area contributed by atoms with Crippen molar-refractivity contribution in [3.8, 4) is 0 Å². The summed E-state index contributed by atoms with van der Waals surface area (Å²) in [6.45, 7) is 8.49. The second kappa shape index (κ2) is 7.11. The van der Waals surface area contributed by atoms with Crippen molar-refractivity contribution in [2.24, 2.45) is 0 Å². The van der Waals surface area contributed by atoms with Crippen LogP contribution < -0.4 is 0 Å². The van der Waals surface area contributed by atoms with Gasteiger partial charge in [-0.05, 0) is 37.5 Å². The molecule has 2 aliphatic heterocycles. The Morgan fingerprint density at radius 1 is 1.40 bits per heavy atom. The number of nitrogens with zero attached hydrogens (tertiary/aromatic N) is 3. The third-order valence-corrected chi connectivity index (χ3v) is 6.07. The Morgan fingerprint density at radius 2 is 2.28 bits per heavy atom. The lowest BCUT2D eigenvalue weighted by atomic mass is 9.84. The van der Waals surface area contributed by atoms with Gasteiger partial charge in [0, 0.05) is 49.6 Å². The first-order valence-corrected chi connectivity index (χ1v) is 9.78. The number of hydrogen-bond donors (Lipinski definition) is 0. The topological polar surface area (TPSA) is 47.5 Å². The number of ether oxygens (including phenoxy) is 2. The van der Waals surface area contributed by atoms with E-state index in [0.29, 0.717) is 6.61 Å². The summed E-state index contributed by atoms with van der Waals surface area (Å²) in [5.41, 5.74) is 3.52. The van der Waals surface area contributed by atoms with E-state index in [1.54, 1.807) is 11.3 Å². The van der Waals surface area contributed by atoms with Crippen LogP contribution >= 0.6 is 11.3 Å². The van der Waals surface area contributed by atoms with Crippen molar-refractivity contribution in [1.82, 2.24) is 14.9 Å². The summed E-state index contributed by atoms with van der Waals surface area (Å²) in [5.74, 6) is 0. The summed E-state index contributed by atoms with van der Waals surface area (Å²) in [6.07, 6.45) is 5.98. The number of aryl methyl sites for hydroxylation is 2. The first kappa shape index (κ1) is 17.1. The molecule has 0 N–H and O–H groups in total. The zero-order chi connectivity index (χ0) is 17.3. The lowest BCUT2D eigenvalue weighted by Gasteiger charge is -2.53. The average molecular weight is 359 g/mol. The van der Waals surface area contributed by atoms with Crippen molar-refractivity contribution in [3.05, 3.63) is 45.7 Å². The highest BCUT2D eigenvalue weighted by Gasteiger charge is 2.47. The van der Waals surface area contributed by atoms with Gasteiger partial charge in [-0.2, -0.15) is 0 Å². The zero-order valence-corrected chi connectivity index (χ0v) is 15.7. The Labute approximate surface area is 153 Å². The summed E-state index contributed by atoms with van der Waals surface area (Å²) in [4.78, 5) is 11.2. The van der Waals surface area contributed by atoms with Crippen LogP contribution in [0.15, 0.2) is 23.8 Å². The molecular formula is C19H25N3O2S. The second-order valence-electron chi connectivity index (χ2n) is 7.29. The smallest absolute Gasteiger partial charge is 0.107 e. The monoisotopic (exact) mass is 359 g/mol. The van der Waals surface area contributed by atoms with Crippen LogP contribution in [-0.2, 0) is 22.6 Å². The fraction of sp³-hybridized carbons (Fsp3) is 0.579. The molecule has 1 unspecified atom stereocenters. The molecule has 2 aliphatic rings. The highest BCUT2D eigenvalue weighted by Crippen LogP contribution is 2.36. The Kier molecular flexibility index (Phi) is 4.86. The van der Waals surface area contributed by atoms with E-state index in [0.717, 1.165) is 44.8 Å². The molecule has 0 radical (unpaired) electrons. The summed E-state index contributed by atoms with van der Waals surface area (Å²) in [7, 11) is 0. The largest absolute Gasteiger partial charge is 0.373 e. The lowest BCUT2D eigenvalue weighted by molar-refractivity contribution is -0.200. The molecule has 134 valence electrons. The van der Waals surface area contributed by atoms with Gasteiger partial charge in [-0.1, -0.05) is 0 Å². The third kappa shape index (κ3) is 3.92. The maximum absolute atomic E-state index is 6.19. The second-order valence-corrected chi connectivity index (χ2v) is 8.23. The first-order chi connectivity index (χ1) is 12.1. The summed E-state index contributed by atoms with van der Waals surface area (Å²) < 4.78 is 12.3. The van der Waals surface area contributed by atoms with Gasteiger partial charge in [0.15, 0.2) is 0 Å². The molecule has 1 spiro atoms. The molecule has 2 aromatic rings. The van der Waals surface area contributed by atoms with Crippen LogP contribution in [0, 0.1) is 13.8 Å². The molecule has 5 nitrogen and oxygen atoms in total. The molecule has 2 saturated heterocycles. The molecule has 25 heavy (non-hydrogen) atoms. The predicted molar refractivity (Wildman–Crippen MR) is 97.6 cm³/mol. The molecule has 2 fully saturated rings. The number of hydrogen-bond acceptors (Lipinski definition) is 6. The van der Waals surface area contributed by atoms with Crippen LogP contribution in [0.3, 0.4) is 0 Å². The predicted octanol–water partition coefficient (Wildman–Crippen LogP) is 3.11. The van der Waals surface area contributed by atoms with Gasteiger partial charge < -0.3 is 9.47 Å². The van der Waals surface area contributed by atoms with Gasteiger partial charge in [0.2, 0.25) is 0 Å². The van der Waals surface area contributed by atoms with Gasteiger partial charge in [-0.15, -0.1) is 11.3 Å². The van der Waals surface area contributed by atoms with Crippen molar-refractivity contribution in [1.29, 1.82) is 0 Å². The van der Waals surface area contributed by atoms with Crippen LogP contribution in [0.5, 0.6) is 0 Å². The Hall–Kier alpha value is -1.34. The normalized spacial score (nSPS) is 22.9. The van der Waals surface area contributed by atoms with E-state index in [2.05, 4.69) is 27.2 Å². The van der Waals surface area contributed by atoms with Gasteiger partial charge in [0.05, 0.1) is 24.9 Å². The average Bonchev–Trinajstić information content (AvgIpc) is 2.98. The maximum atomic E-state index is 6.19. The molecule has 0 aromatic carbocycles. The van der Waals surface area contributed by atoms with Crippen molar-refractivity contribution in [2.75, 3.05) is 19.7 Å². The van der Waals surface area contributed by atoms with Gasteiger partial charge >= 0.3 is 0 Å². The minimum absolute atomic E-state index is 0.0147. The number of likely N-dealkylation sites (tertiary alicyclic amines) is 1.